The number of nitrogens with one attached hydrogen (secondary N) is 1. The van der Waals surface area contributed by atoms with Crippen molar-refractivity contribution >= 4 is 36.6 Å². The highest BCUT2D eigenvalue weighted by Gasteiger charge is 2.43. The van der Waals surface area contributed by atoms with Crippen LogP contribution in [0.4, 0.5) is 10.2 Å². The second-order valence-corrected chi connectivity index (χ2v) is 16.5. The molecule has 10 heteroatoms. The van der Waals surface area contributed by atoms with Crippen LogP contribution in [-0.2, 0) is 9.22 Å². The Bertz CT molecular complexity index is 1530. The first-order valence-corrected chi connectivity index (χ1v) is 16.0. The summed E-state index contributed by atoms with van der Waals surface area (Å²) in [4.78, 5) is 26.0. The van der Waals surface area contributed by atoms with Crippen molar-refractivity contribution in [3.05, 3.63) is 48.2 Å². The van der Waals surface area contributed by atoms with Gasteiger partial charge in [-0.05, 0) is 55.6 Å². The van der Waals surface area contributed by atoms with Crippen LogP contribution in [0.15, 0.2) is 36.9 Å². The molecule has 200 valence electrons. The van der Waals surface area contributed by atoms with Crippen molar-refractivity contribution in [3.63, 3.8) is 0 Å². The molecule has 1 aliphatic carbocycles. The van der Waals surface area contributed by atoms with E-state index in [4.69, 9.17) is 9.41 Å². The number of pyridine rings is 3. The van der Waals surface area contributed by atoms with Crippen molar-refractivity contribution in [1.29, 1.82) is 0 Å². The van der Waals surface area contributed by atoms with Crippen LogP contribution in [0.3, 0.4) is 0 Å². The van der Waals surface area contributed by atoms with E-state index in [9.17, 15) is 9.18 Å². The maximum Gasteiger partial charge on any atom is 0.231 e. The summed E-state index contributed by atoms with van der Waals surface area (Å²) in [6.07, 6.45) is 5.08. The quantitative estimate of drug-likeness (QED) is 0.275. The Hall–Kier alpha value is -3.24. The van der Waals surface area contributed by atoms with E-state index in [1.165, 1.54) is 6.33 Å². The monoisotopic (exact) mass is 534 g/mol. The van der Waals surface area contributed by atoms with Gasteiger partial charge in [0.25, 0.3) is 0 Å². The van der Waals surface area contributed by atoms with E-state index in [-0.39, 0.29) is 23.5 Å². The van der Waals surface area contributed by atoms with Gasteiger partial charge in [-0.25, -0.2) is 18.9 Å². The summed E-state index contributed by atoms with van der Waals surface area (Å²) in [6, 6.07) is 5.87. The number of fused-ring (bicyclic) bond motifs is 3. The Balaban J connectivity index is 1.49. The molecule has 0 aliphatic heterocycles. The van der Waals surface area contributed by atoms with E-state index in [2.05, 4.69) is 74.2 Å². The second-order valence-electron chi connectivity index (χ2n) is 11.7. The molecule has 38 heavy (non-hydrogen) atoms. The Morgan fingerprint density at radius 2 is 1.92 bits per heavy atom. The minimum absolute atomic E-state index is 0.0606. The number of hydrogen-bond donors (Lipinski definition) is 1. The van der Waals surface area contributed by atoms with Crippen molar-refractivity contribution in [2.75, 3.05) is 5.32 Å². The largest absolute Gasteiger partial charge is 0.408 e. The lowest BCUT2D eigenvalue weighted by atomic mass is 10.0. The molecule has 0 radical (unpaired) electrons. The number of carbonyl (C=O) groups is 1. The lowest BCUT2D eigenvalue weighted by Gasteiger charge is -2.39. The highest BCUT2D eigenvalue weighted by atomic mass is 28.4. The van der Waals surface area contributed by atoms with Gasteiger partial charge < -0.3 is 9.74 Å². The minimum atomic E-state index is -1.96. The zero-order valence-electron chi connectivity index (χ0n) is 23.0. The fraction of sp³-hybridized carbons (Fsp3) is 0.464. The number of alkyl halides is 1. The molecular formula is C28H35FN6O2Si. The zero-order valence-corrected chi connectivity index (χ0v) is 24.0. The fourth-order valence-corrected chi connectivity index (χ4v) is 5.77. The first kappa shape index (κ1) is 26.4. The van der Waals surface area contributed by atoms with Crippen molar-refractivity contribution in [2.24, 2.45) is 5.92 Å². The Kier molecular flexibility index (Phi) is 6.59. The number of amides is 1. The molecule has 0 spiro atoms. The van der Waals surface area contributed by atoms with Gasteiger partial charge in [0.1, 0.15) is 18.3 Å². The summed E-state index contributed by atoms with van der Waals surface area (Å²) in [7, 11) is -1.96. The molecule has 1 saturated carbocycles. The number of halogens is 1. The summed E-state index contributed by atoms with van der Waals surface area (Å²) in [5, 5.41) is 8.10. The van der Waals surface area contributed by atoms with E-state index in [1.54, 1.807) is 16.8 Å². The Morgan fingerprint density at radius 3 is 2.55 bits per heavy atom. The molecule has 3 atom stereocenters. The third-order valence-electron chi connectivity index (χ3n) is 7.90. The highest BCUT2D eigenvalue weighted by molar-refractivity contribution is 6.74. The van der Waals surface area contributed by atoms with Gasteiger partial charge in [0.2, 0.25) is 5.91 Å². The molecule has 0 saturated heterocycles. The number of hydrogen-bond acceptors (Lipinski definition) is 6. The van der Waals surface area contributed by atoms with Crippen molar-refractivity contribution < 1.29 is 13.6 Å². The normalized spacial score (nSPS) is 18.6. The summed E-state index contributed by atoms with van der Waals surface area (Å²) in [6.45, 7) is 15.5. The smallest absolute Gasteiger partial charge is 0.231 e. The summed E-state index contributed by atoms with van der Waals surface area (Å²) < 4.78 is 21.7. The van der Waals surface area contributed by atoms with Crippen LogP contribution in [-0.4, -0.2) is 45.0 Å². The number of aryl methyl sites for hydroxylation is 1. The molecular weight excluding hydrogens is 499 g/mol. The standard InChI is InChI=1S/C28H35FN6O2Si/c1-8-24(37-38(6,7)28(3,4)5)22-9-16(2)20(14-30-22)18-10-17-13-31-25(34-27(36)19-11-21(19)29)12-23(17)35-26(18)32-15-33-35/h9-10,12-15,19,21,24H,8,11H2,1-7H3,(H,31,34,36)/t19-,21+,24?/m0/s1. The predicted octanol–water partition coefficient (Wildman–Crippen LogP) is 6.42. The molecule has 4 heterocycles. The number of nitrogens with zero attached hydrogens (tertiary/aromatic N) is 5. The van der Waals surface area contributed by atoms with Crippen LogP contribution in [0.2, 0.25) is 18.1 Å². The lowest BCUT2D eigenvalue weighted by Crippen LogP contribution is -2.41. The predicted molar refractivity (Wildman–Crippen MR) is 149 cm³/mol. The molecule has 1 aliphatic rings. The Morgan fingerprint density at radius 1 is 1.18 bits per heavy atom. The van der Waals surface area contributed by atoms with Crippen LogP contribution in [0.25, 0.3) is 27.7 Å². The van der Waals surface area contributed by atoms with Gasteiger partial charge >= 0.3 is 0 Å². The van der Waals surface area contributed by atoms with Crippen molar-refractivity contribution in [1.82, 2.24) is 24.6 Å². The molecule has 0 aromatic carbocycles. The van der Waals surface area contributed by atoms with Gasteiger partial charge in [-0.3, -0.25) is 9.78 Å². The lowest BCUT2D eigenvalue weighted by molar-refractivity contribution is -0.117. The zero-order chi connectivity index (χ0) is 27.4. The van der Waals surface area contributed by atoms with Gasteiger partial charge in [0, 0.05) is 35.0 Å². The molecule has 1 amide bonds. The van der Waals surface area contributed by atoms with Crippen LogP contribution in [0, 0.1) is 12.8 Å². The average Bonchev–Trinajstić information content (AvgIpc) is 3.38. The third kappa shape index (κ3) is 4.82. The van der Waals surface area contributed by atoms with E-state index in [0.717, 1.165) is 39.7 Å². The van der Waals surface area contributed by atoms with Crippen LogP contribution >= 0.6 is 0 Å². The van der Waals surface area contributed by atoms with Crippen LogP contribution in [0.5, 0.6) is 0 Å². The van der Waals surface area contributed by atoms with Gasteiger partial charge in [-0.15, -0.1) is 0 Å². The molecule has 1 unspecified atom stereocenters. The van der Waals surface area contributed by atoms with Crippen LogP contribution in [0.1, 0.15) is 57.9 Å². The topological polar surface area (TPSA) is 94.3 Å². The molecule has 0 bridgehead atoms. The van der Waals surface area contributed by atoms with E-state index < -0.39 is 20.4 Å². The summed E-state index contributed by atoms with van der Waals surface area (Å²) >= 11 is 0. The van der Waals surface area contributed by atoms with Gasteiger partial charge in [0.15, 0.2) is 14.0 Å². The van der Waals surface area contributed by atoms with Gasteiger partial charge in [0.05, 0.1) is 23.2 Å². The van der Waals surface area contributed by atoms with E-state index >= 15 is 0 Å². The van der Waals surface area contributed by atoms with Crippen LogP contribution < -0.4 is 5.32 Å². The number of aromatic nitrogens is 5. The summed E-state index contributed by atoms with van der Waals surface area (Å²) in [5.41, 5.74) is 5.27. The van der Waals surface area contributed by atoms with Crippen molar-refractivity contribution in [2.45, 2.75) is 77.9 Å². The summed E-state index contributed by atoms with van der Waals surface area (Å²) in [5.74, 6) is -0.569. The fourth-order valence-electron chi connectivity index (χ4n) is 4.41. The van der Waals surface area contributed by atoms with Gasteiger partial charge in [-0.2, -0.15) is 5.10 Å². The molecule has 1 N–H and O–H groups in total. The first-order valence-electron chi connectivity index (χ1n) is 13.1. The number of anilines is 1. The third-order valence-corrected chi connectivity index (χ3v) is 12.4. The number of carbonyl (C=O) groups excluding carboxylic acids is 1. The molecule has 8 nitrogen and oxygen atoms in total. The first-order chi connectivity index (χ1) is 17.9. The molecule has 1 fully saturated rings. The maximum absolute atomic E-state index is 13.3. The Labute approximate surface area is 223 Å². The SMILES string of the molecule is CCC(O[Si](C)(C)C(C)(C)C)c1cc(C)c(-c2cc3cnc(NC(=O)[C@H]4C[C@H]4F)cc3n3ncnc23)cn1. The number of rotatable bonds is 7. The van der Waals surface area contributed by atoms with Gasteiger partial charge in [-0.1, -0.05) is 27.7 Å². The average molecular weight is 535 g/mol. The van der Waals surface area contributed by atoms with E-state index in [1.807, 2.05) is 12.3 Å². The molecule has 5 rings (SSSR count). The van der Waals surface area contributed by atoms with E-state index in [0.29, 0.717) is 11.5 Å². The highest BCUT2D eigenvalue weighted by Crippen LogP contribution is 2.41. The minimum Gasteiger partial charge on any atom is -0.408 e. The maximum atomic E-state index is 13.3. The van der Waals surface area contributed by atoms with Crippen molar-refractivity contribution in [3.8, 4) is 11.1 Å². The molecule has 4 aromatic rings. The second kappa shape index (κ2) is 9.50. The molecule has 4 aromatic heterocycles.